The second-order valence-corrected chi connectivity index (χ2v) is 3.92. The highest BCUT2D eigenvalue weighted by molar-refractivity contribution is 14.1. The third kappa shape index (κ3) is 4.29. The van der Waals surface area contributed by atoms with Crippen molar-refractivity contribution >= 4 is 51.8 Å². The Morgan fingerprint density at radius 3 is 2.47 bits per heavy atom. The van der Waals surface area contributed by atoms with Crippen LogP contribution in [0.15, 0.2) is 18.2 Å². The predicted octanol–water partition coefficient (Wildman–Crippen LogP) is 3.55. The Hall–Kier alpha value is -0.440. The van der Waals surface area contributed by atoms with Crippen molar-refractivity contribution in [1.29, 1.82) is 0 Å². The van der Waals surface area contributed by atoms with Crippen molar-refractivity contribution in [2.45, 2.75) is 0 Å². The zero-order chi connectivity index (χ0) is 11.3. The number of halogens is 3. The molecule has 0 fully saturated rings. The van der Waals surface area contributed by atoms with Gasteiger partial charge in [-0.3, -0.25) is 0 Å². The number of rotatable bonds is 2. The van der Waals surface area contributed by atoms with Crippen LogP contribution in [-0.2, 0) is 4.74 Å². The lowest BCUT2D eigenvalue weighted by Gasteiger charge is -2.02. The van der Waals surface area contributed by atoms with Crippen LogP contribution < -0.4 is 0 Å². The topological polar surface area (TPSA) is 26.3 Å². The lowest BCUT2D eigenvalue weighted by atomic mass is 10.2. The molecule has 1 rings (SSSR count). The number of hydrogen-bond acceptors (Lipinski definition) is 2. The third-order valence-corrected chi connectivity index (χ3v) is 2.26. The van der Waals surface area contributed by atoms with E-state index in [1.807, 2.05) is 22.6 Å². The van der Waals surface area contributed by atoms with Gasteiger partial charge in [0.25, 0.3) is 0 Å². The molecule has 0 bridgehead atoms. The van der Waals surface area contributed by atoms with Gasteiger partial charge in [0.05, 0.1) is 5.56 Å². The van der Waals surface area contributed by atoms with E-state index in [1.165, 1.54) is 12.1 Å². The first kappa shape index (κ1) is 12.6. The van der Waals surface area contributed by atoms with E-state index in [9.17, 15) is 4.79 Å². The number of carbonyl (C=O) groups is 1. The molecule has 0 saturated carbocycles. The molecule has 2 nitrogen and oxygen atoms in total. The summed E-state index contributed by atoms with van der Waals surface area (Å²) in [5, 5.41) is 0.795. The predicted molar refractivity (Wildman–Crippen MR) is 68.5 cm³/mol. The average molecular weight is 355 g/mol. The summed E-state index contributed by atoms with van der Waals surface area (Å²) in [4.78, 5) is 11.4. The molecular formula is C10H5Cl2IO2. The van der Waals surface area contributed by atoms with Crippen LogP contribution >= 0.6 is 45.8 Å². The number of esters is 1. The smallest absolute Gasteiger partial charge is 0.339 e. The quantitative estimate of drug-likeness (QED) is 0.461. The van der Waals surface area contributed by atoms with Crippen LogP contribution in [0.3, 0.4) is 0 Å². The van der Waals surface area contributed by atoms with Gasteiger partial charge >= 0.3 is 5.97 Å². The van der Waals surface area contributed by atoms with Crippen molar-refractivity contribution in [2.24, 2.45) is 0 Å². The van der Waals surface area contributed by atoms with Crippen LogP contribution in [0.5, 0.6) is 0 Å². The van der Waals surface area contributed by atoms with Crippen molar-refractivity contribution in [3.05, 3.63) is 33.8 Å². The first-order chi connectivity index (χ1) is 7.13. The summed E-state index contributed by atoms with van der Waals surface area (Å²) in [5.41, 5.74) is 0.322. The van der Waals surface area contributed by atoms with Gasteiger partial charge in [0.15, 0.2) is 6.61 Å². The normalized spacial score (nSPS) is 9.00. The van der Waals surface area contributed by atoms with E-state index in [-0.39, 0.29) is 6.61 Å². The van der Waals surface area contributed by atoms with Crippen LogP contribution in [0, 0.1) is 9.85 Å². The van der Waals surface area contributed by atoms with E-state index >= 15 is 0 Å². The van der Waals surface area contributed by atoms with E-state index in [0.717, 1.165) is 0 Å². The van der Waals surface area contributed by atoms with Crippen molar-refractivity contribution < 1.29 is 9.53 Å². The maximum atomic E-state index is 11.4. The Kier molecular flexibility index (Phi) is 5.23. The van der Waals surface area contributed by atoms with Crippen LogP contribution in [-0.4, -0.2) is 12.6 Å². The number of benzene rings is 1. The van der Waals surface area contributed by atoms with Gasteiger partial charge in [-0.05, 0) is 22.1 Å². The molecule has 0 N–H and O–H groups in total. The molecule has 0 aromatic heterocycles. The highest BCUT2D eigenvalue weighted by Gasteiger charge is 2.08. The molecule has 0 aliphatic rings. The fraction of sp³-hybridized carbons (Fsp3) is 0.100. The third-order valence-electron chi connectivity index (χ3n) is 1.44. The number of ether oxygens (including phenoxy) is 1. The molecule has 0 amide bonds. The Balaban J connectivity index is 2.76. The second-order valence-electron chi connectivity index (χ2n) is 2.51. The Labute approximate surface area is 111 Å². The number of carbonyl (C=O) groups excluding carboxylic acids is 1. The largest absolute Gasteiger partial charge is 0.449 e. The standard InChI is InChI=1S/C10H5Cl2IO2/c11-8-4-7(5-9(12)6-8)10(14)15-3-1-2-13/h4-6H,3H2. The fourth-order valence-electron chi connectivity index (χ4n) is 0.884. The summed E-state index contributed by atoms with van der Waals surface area (Å²) in [7, 11) is 0. The van der Waals surface area contributed by atoms with E-state index in [0.29, 0.717) is 15.6 Å². The molecule has 15 heavy (non-hydrogen) atoms. The summed E-state index contributed by atoms with van der Waals surface area (Å²) in [6, 6.07) is 4.53. The van der Waals surface area contributed by atoms with Crippen molar-refractivity contribution in [3.63, 3.8) is 0 Å². The lowest BCUT2D eigenvalue weighted by Crippen LogP contribution is -2.05. The molecule has 5 heteroatoms. The van der Waals surface area contributed by atoms with Crippen molar-refractivity contribution in [3.8, 4) is 9.85 Å². The second kappa shape index (κ2) is 6.21. The number of hydrogen-bond donors (Lipinski definition) is 0. The molecule has 1 aromatic carbocycles. The SMILES string of the molecule is O=C(OCC#CI)c1cc(Cl)cc(Cl)c1. The lowest BCUT2D eigenvalue weighted by molar-refractivity contribution is 0.0557. The van der Waals surface area contributed by atoms with E-state index in [1.54, 1.807) is 6.07 Å². The zero-order valence-electron chi connectivity index (χ0n) is 7.39. The monoisotopic (exact) mass is 354 g/mol. The Morgan fingerprint density at radius 2 is 1.93 bits per heavy atom. The molecule has 0 unspecified atom stereocenters. The van der Waals surface area contributed by atoms with E-state index in [4.69, 9.17) is 27.9 Å². The van der Waals surface area contributed by atoms with Crippen molar-refractivity contribution in [2.75, 3.05) is 6.61 Å². The molecule has 0 aliphatic heterocycles. The first-order valence-electron chi connectivity index (χ1n) is 3.85. The fourth-order valence-corrected chi connectivity index (χ4v) is 1.57. The van der Waals surface area contributed by atoms with Gasteiger partial charge in [0.1, 0.15) is 0 Å². The van der Waals surface area contributed by atoms with Crippen LogP contribution in [0.4, 0.5) is 0 Å². The summed E-state index contributed by atoms with van der Waals surface area (Å²) in [5.74, 6) is 2.12. The van der Waals surface area contributed by atoms with Crippen LogP contribution in [0.2, 0.25) is 10.0 Å². The van der Waals surface area contributed by atoms with Gasteiger partial charge in [0.2, 0.25) is 0 Å². The van der Waals surface area contributed by atoms with E-state index < -0.39 is 5.97 Å². The molecule has 78 valence electrons. The molecular weight excluding hydrogens is 350 g/mol. The maximum absolute atomic E-state index is 11.4. The summed E-state index contributed by atoms with van der Waals surface area (Å²) >= 11 is 13.3. The Morgan fingerprint density at radius 1 is 1.33 bits per heavy atom. The van der Waals surface area contributed by atoms with Crippen molar-refractivity contribution in [1.82, 2.24) is 0 Å². The van der Waals surface area contributed by atoms with Crippen LogP contribution in [0.25, 0.3) is 0 Å². The highest BCUT2D eigenvalue weighted by Crippen LogP contribution is 2.19. The van der Waals surface area contributed by atoms with Gasteiger partial charge < -0.3 is 4.74 Å². The van der Waals surface area contributed by atoms with Gasteiger partial charge in [-0.15, -0.1) is 0 Å². The summed E-state index contributed by atoms with van der Waals surface area (Å²) in [6.45, 7) is 0.0614. The zero-order valence-corrected chi connectivity index (χ0v) is 11.1. The molecule has 0 spiro atoms. The molecule has 1 aromatic rings. The first-order valence-corrected chi connectivity index (χ1v) is 5.68. The minimum Gasteiger partial charge on any atom is -0.449 e. The Bertz CT molecular complexity index is 415. The molecule has 0 radical (unpaired) electrons. The van der Waals surface area contributed by atoms with Gasteiger partial charge in [0, 0.05) is 32.6 Å². The van der Waals surface area contributed by atoms with Gasteiger partial charge in [-0.1, -0.05) is 29.1 Å². The minimum atomic E-state index is -0.487. The summed E-state index contributed by atoms with van der Waals surface area (Å²) in [6.07, 6.45) is 0. The maximum Gasteiger partial charge on any atom is 0.339 e. The van der Waals surface area contributed by atoms with Gasteiger partial charge in [-0.2, -0.15) is 0 Å². The highest BCUT2D eigenvalue weighted by atomic mass is 127. The van der Waals surface area contributed by atoms with Gasteiger partial charge in [-0.25, -0.2) is 4.79 Å². The molecule has 0 saturated heterocycles. The molecule has 0 atom stereocenters. The average Bonchev–Trinajstić information content (AvgIpc) is 2.16. The summed E-state index contributed by atoms with van der Waals surface area (Å²) < 4.78 is 7.43. The van der Waals surface area contributed by atoms with E-state index in [2.05, 4.69) is 9.85 Å². The van der Waals surface area contributed by atoms with Crippen LogP contribution in [0.1, 0.15) is 10.4 Å². The minimum absolute atomic E-state index is 0.0614. The molecule has 0 heterocycles. The molecule has 0 aliphatic carbocycles.